The second-order valence-electron chi connectivity index (χ2n) is 5.07. The van der Waals surface area contributed by atoms with E-state index in [1.54, 1.807) is 7.11 Å². The van der Waals surface area contributed by atoms with Crippen LogP contribution in [0.3, 0.4) is 0 Å². The number of anilines is 2. The SMILES string of the molecule is CCCC(CCO)CNc1cc(NCC)nc(COC)n1. The first-order valence-corrected chi connectivity index (χ1v) is 7.68. The van der Waals surface area contributed by atoms with E-state index >= 15 is 0 Å². The summed E-state index contributed by atoms with van der Waals surface area (Å²) >= 11 is 0. The molecule has 1 heterocycles. The molecule has 3 N–H and O–H groups in total. The number of aliphatic hydroxyl groups excluding tert-OH is 1. The van der Waals surface area contributed by atoms with Crippen LogP contribution in [0.2, 0.25) is 0 Å². The number of aromatic nitrogens is 2. The van der Waals surface area contributed by atoms with E-state index < -0.39 is 0 Å². The van der Waals surface area contributed by atoms with Crippen molar-refractivity contribution in [2.75, 3.05) is 37.4 Å². The average Bonchev–Trinajstić information content (AvgIpc) is 2.46. The van der Waals surface area contributed by atoms with Crippen LogP contribution >= 0.6 is 0 Å². The minimum atomic E-state index is 0.230. The van der Waals surface area contributed by atoms with E-state index in [4.69, 9.17) is 9.84 Å². The smallest absolute Gasteiger partial charge is 0.158 e. The zero-order valence-electron chi connectivity index (χ0n) is 13.4. The lowest BCUT2D eigenvalue weighted by Crippen LogP contribution is -2.17. The summed E-state index contributed by atoms with van der Waals surface area (Å²) in [4.78, 5) is 8.83. The van der Waals surface area contributed by atoms with Crippen molar-refractivity contribution in [1.29, 1.82) is 0 Å². The zero-order valence-corrected chi connectivity index (χ0v) is 13.4. The van der Waals surface area contributed by atoms with Gasteiger partial charge in [0.2, 0.25) is 0 Å². The third-order valence-electron chi connectivity index (χ3n) is 3.21. The molecule has 0 bridgehead atoms. The first kappa shape index (κ1) is 17.7. The maximum absolute atomic E-state index is 9.11. The van der Waals surface area contributed by atoms with E-state index in [9.17, 15) is 0 Å². The highest BCUT2D eigenvalue weighted by atomic mass is 16.5. The number of ether oxygens (including phenoxy) is 1. The summed E-state index contributed by atoms with van der Waals surface area (Å²) < 4.78 is 5.11. The standard InChI is InChI=1S/C15H28N4O2/c1-4-6-12(7-8-20)10-17-14-9-13(16-5-2)18-15(19-14)11-21-3/h9,12,20H,4-8,10-11H2,1-3H3,(H2,16,17,18,19). The van der Waals surface area contributed by atoms with Crippen molar-refractivity contribution in [3.8, 4) is 0 Å². The fraction of sp³-hybridized carbons (Fsp3) is 0.733. The van der Waals surface area contributed by atoms with Gasteiger partial charge in [-0.15, -0.1) is 0 Å². The Morgan fingerprint density at radius 2 is 1.90 bits per heavy atom. The minimum Gasteiger partial charge on any atom is -0.396 e. The van der Waals surface area contributed by atoms with Crippen LogP contribution in [0.5, 0.6) is 0 Å². The second kappa shape index (κ2) is 10.3. The summed E-state index contributed by atoms with van der Waals surface area (Å²) in [5, 5.41) is 15.7. The Bertz CT molecular complexity index is 371. The van der Waals surface area contributed by atoms with Gasteiger partial charge < -0.3 is 20.5 Å². The summed E-state index contributed by atoms with van der Waals surface area (Å²) in [5.41, 5.74) is 0. The second-order valence-corrected chi connectivity index (χ2v) is 5.07. The van der Waals surface area contributed by atoms with Crippen LogP contribution in [0, 0.1) is 5.92 Å². The Hall–Kier alpha value is -1.40. The lowest BCUT2D eigenvalue weighted by atomic mass is 10.0. The molecule has 21 heavy (non-hydrogen) atoms. The van der Waals surface area contributed by atoms with Gasteiger partial charge in [0.1, 0.15) is 18.2 Å². The van der Waals surface area contributed by atoms with Gasteiger partial charge in [0.25, 0.3) is 0 Å². The van der Waals surface area contributed by atoms with Gasteiger partial charge in [-0.3, -0.25) is 0 Å². The molecule has 0 aliphatic rings. The molecule has 1 atom stereocenters. The van der Waals surface area contributed by atoms with Crippen molar-refractivity contribution in [2.45, 2.75) is 39.7 Å². The highest BCUT2D eigenvalue weighted by Crippen LogP contribution is 2.15. The summed E-state index contributed by atoms with van der Waals surface area (Å²) in [7, 11) is 1.63. The maximum Gasteiger partial charge on any atom is 0.158 e. The van der Waals surface area contributed by atoms with Crippen LogP contribution in [0.1, 0.15) is 38.9 Å². The van der Waals surface area contributed by atoms with Crippen LogP contribution < -0.4 is 10.6 Å². The average molecular weight is 296 g/mol. The molecule has 0 aliphatic carbocycles. The van der Waals surface area contributed by atoms with Gasteiger partial charge >= 0.3 is 0 Å². The molecule has 0 aliphatic heterocycles. The Labute approximate surface area is 127 Å². The predicted octanol–water partition coefficient (Wildman–Crippen LogP) is 2.27. The summed E-state index contributed by atoms with van der Waals surface area (Å²) in [6.45, 7) is 6.44. The van der Waals surface area contributed by atoms with E-state index in [1.807, 2.05) is 13.0 Å². The van der Waals surface area contributed by atoms with Crippen LogP contribution in [0.4, 0.5) is 11.6 Å². The van der Waals surface area contributed by atoms with Crippen LogP contribution in [0.25, 0.3) is 0 Å². The lowest BCUT2D eigenvalue weighted by molar-refractivity contribution is 0.178. The molecule has 1 rings (SSSR count). The van der Waals surface area contributed by atoms with Crippen molar-refractivity contribution >= 4 is 11.6 Å². The Kier molecular flexibility index (Phi) is 8.69. The molecule has 1 aromatic heterocycles. The van der Waals surface area contributed by atoms with Crippen molar-refractivity contribution < 1.29 is 9.84 Å². The molecule has 6 nitrogen and oxygen atoms in total. The van der Waals surface area contributed by atoms with Gasteiger partial charge in [-0.2, -0.15) is 0 Å². The van der Waals surface area contributed by atoms with Crippen molar-refractivity contribution in [1.82, 2.24) is 9.97 Å². The molecule has 6 heteroatoms. The lowest BCUT2D eigenvalue weighted by Gasteiger charge is -2.17. The molecule has 1 unspecified atom stereocenters. The highest BCUT2D eigenvalue weighted by Gasteiger charge is 2.09. The van der Waals surface area contributed by atoms with Crippen LogP contribution in [-0.2, 0) is 11.3 Å². The Balaban J connectivity index is 2.70. The van der Waals surface area contributed by atoms with Gasteiger partial charge in [0.15, 0.2) is 5.82 Å². The molecule has 0 fully saturated rings. The van der Waals surface area contributed by atoms with Gasteiger partial charge in [-0.25, -0.2) is 9.97 Å². The summed E-state index contributed by atoms with van der Waals surface area (Å²) in [5.74, 6) is 2.72. The number of nitrogens with zero attached hydrogens (tertiary/aromatic N) is 2. The normalized spacial score (nSPS) is 12.2. The fourth-order valence-corrected chi connectivity index (χ4v) is 2.24. The van der Waals surface area contributed by atoms with Gasteiger partial charge in [-0.1, -0.05) is 13.3 Å². The molecular weight excluding hydrogens is 268 g/mol. The maximum atomic E-state index is 9.11. The molecule has 0 radical (unpaired) electrons. The molecule has 0 spiro atoms. The van der Waals surface area contributed by atoms with E-state index in [0.717, 1.165) is 44.0 Å². The van der Waals surface area contributed by atoms with E-state index in [1.165, 1.54) is 0 Å². The number of hydrogen-bond donors (Lipinski definition) is 3. The van der Waals surface area contributed by atoms with Crippen LogP contribution in [0.15, 0.2) is 6.07 Å². The number of nitrogens with one attached hydrogen (secondary N) is 2. The zero-order chi connectivity index (χ0) is 15.5. The minimum absolute atomic E-state index is 0.230. The Morgan fingerprint density at radius 1 is 1.19 bits per heavy atom. The van der Waals surface area contributed by atoms with Gasteiger partial charge in [0, 0.05) is 32.9 Å². The monoisotopic (exact) mass is 296 g/mol. The van der Waals surface area contributed by atoms with Crippen molar-refractivity contribution in [3.63, 3.8) is 0 Å². The molecule has 0 aromatic carbocycles. The predicted molar refractivity (Wildman–Crippen MR) is 85.5 cm³/mol. The Morgan fingerprint density at radius 3 is 2.48 bits per heavy atom. The van der Waals surface area contributed by atoms with E-state index in [-0.39, 0.29) is 6.61 Å². The van der Waals surface area contributed by atoms with Gasteiger partial charge in [0.05, 0.1) is 0 Å². The number of aliphatic hydroxyl groups is 1. The topological polar surface area (TPSA) is 79.3 Å². The third-order valence-corrected chi connectivity index (χ3v) is 3.21. The first-order valence-electron chi connectivity index (χ1n) is 7.68. The molecule has 0 saturated heterocycles. The molecule has 0 saturated carbocycles. The van der Waals surface area contributed by atoms with Gasteiger partial charge in [-0.05, 0) is 25.7 Å². The van der Waals surface area contributed by atoms with Crippen molar-refractivity contribution in [3.05, 3.63) is 11.9 Å². The first-order chi connectivity index (χ1) is 10.2. The van der Waals surface area contributed by atoms with Crippen LogP contribution in [-0.4, -0.2) is 41.9 Å². The summed E-state index contributed by atoms with van der Waals surface area (Å²) in [6.07, 6.45) is 3.04. The number of rotatable bonds is 11. The molecule has 0 amide bonds. The highest BCUT2D eigenvalue weighted by molar-refractivity contribution is 5.47. The fourth-order valence-electron chi connectivity index (χ4n) is 2.24. The van der Waals surface area contributed by atoms with E-state index in [2.05, 4.69) is 27.5 Å². The third kappa shape index (κ3) is 6.73. The molecular formula is C15H28N4O2. The number of methoxy groups -OCH3 is 1. The molecule has 120 valence electrons. The largest absolute Gasteiger partial charge is 0.396 e. The van der Waals surface area contributed by atoms with E-state index in [0.29, 0.717) is 18.3 Å². The number of hydrogen-bond acceptors (Lipinski definition) is 6. The summed E-state index contributed by atoms with van der Waals surface area (Å²) in [6, 6.07) is 1.91. The quantitative estimate of drug-likeness (QED) is 0.581. The van der Waals surface area contributed by atoms with Crippen molar-refractivity contribution in [2.24, 2.45) is 5.92 Å². The molecule has 1 aromatic rings.